The number of allylic oxidation sites excluding steroid dienone is 1. The molecular weight excluding hydrogens is 271 g/mol. The van der Waals surface area contributed by atoms with Crippen LogP contribution in [-0.4, -0.2) is 40.7 Å². The van der Waals surface area contributed by atoms with Gasteiger partial charge in [0.05, 0.1) is 11.5 Å². The van der Waals surface area contributed by atoms with Gasteiger partial charge in [-0.3, -0.25) is 4.79 Å². The largest absolute Gasteiger partial charge is 0.480 e. The number of rotatable bonds is 8. The Morgan fingerprint density at radius 3 is 2.50 bits per heavy atom. The number of halogens is 3. The molecule has 0 rings (SSSR count). The van der Waals surface area contributed by atoms with Crippen LogP contribution in [0.15, 0.2) is 12.7 Å². The molecule has 104 valence electrons. The van der Waals surface area contributed by atoms with Crippen LogP contribution < -0.4 is 5.32 Å². The lowest BCUT2D eigenvalue weighted by Gasteiger charge is -2.13. The average molecular weight is 285 g/mol. The summed E-state index contributed by atoms with van der Waals surface area (Å²) in [5.74, 6) is -3.49. The molecule has 0 heterocycles. The zero-order valence-electron chi connectivity index (χ0n) is 9.50. The Bertz CT molecular complexity index is 307. The van der Waals surface area contributed by atoms with E-state index < -0.39 is 35.6 Å². The minimum absolute atomic E-state index is 0.161. The van der Waals surface area contributed by atoms with Gasteiger partial charge in [-0.2, -0.15) is 13.2 Å². The lowest BCUT2D eigenvalue weighted by molar-refractivity contribution is -0.141. The van der Waals surface area contributed by atoms with Gasteiger partial charge in [0.25, 0.3) is 0 Å². The van der Waals surface area contributed by atoms with Crippen LogP contribution in [-0.2, 0) is 9.59 Å². The summed E-state index contributed by atoms with van der Waals surface area (Å²) in [7, 11) is 0. The molecule has 0 radical (unpaired) electrons. The molecule has 8 heteroatoms. The summed E-state index contributed by atoms with van der Waals surface area (Å²) >= 11 is 0.396. The zero-order chi connectivity index (χ0) is 14.2. The van der Waals surface area contributed by atoms with Crippen LogP contribution in [0, 0.1) is 0 Å². The predicted molar refractivity (Wildman–Crippen MR) is 62.4 cm³/mol. The number of carbonyl (C=O) groups is 2. The van der Waals surface area contributed by atoms with E-state index in [1.165, 1.54) is 6.08 Å². The first-order valence-corrected chi connectivity index (χ1v) is 6.19. The van der Waals surface area contributed by atoms with Gasteiger partial charge >= 0.3 is 12.1 Å². The highest BCUT2D eigenvalue weighted by Gasteiger charge is 2.27. The van der Waals surface area contributed by atoms with Gasteiger partial charge in [0.1, 0.15) is 6.04 Å². The molecule has 0 aliphatic heterocycles. The first-order valence-electron chi connectivity index (χ1n) is 5.04. The molecule has 1 atom stereocenters. The number of carboxylic acid groups (broad SMARTS) is 1. The van der Waals surface area contributed by atoms with Gasteiger partial charge in [0.2, 0.25) is 5.91 Å². The third kappa shape index (κ3) is 8.91. The number of carbonyl (C=O) groups excluding carboxylic acids is 1. The van der Waals surface area contributed by atoms with Crippen molar-refractivity contribution in [3.63, 3.8) is 0 Å². The van der Waals surface area contributed by atoms with Crippen molar-refractivity contribution in [3.05, 3.63) is 12.7 Å². The molecule has 4 nitrogen and oxygen atoms in total. The maximum absolute atomic E-state index is 11.8. The topological polar surface area (TPSA) is 66.4 Å². The van der Waals surface area contributed by atoms with Crippen molar-refractivity contribution in [2.75, 3.05) is 11.5 Å². The Morgan fingerprint density at radius 2 is 2.06 bits per heavy atom. The van der Waals surface area contributed by atoms with Crippen LogP contribution >= 0.6 is 11.8 Å². The van der Waals surface area contributed by atoms with Gasteiger partial charge in [-0.1, -0.05) is 6.08 Å². The van der Waals surface area contributed by atoms with Crippen molar-refractivity contribution < 1.29 is 27.9 Å². The van der Waals surface area contributed by atoms with Crippen LogP contribution in [0.4, 0.5) is 13.2 Å². The van der Waals surface area contributed by atoms with Gasteiger partial charge in [-0.05, 0) is 12.8 Å². The number of nitrogens with one attached hydrogen (secondary N) is 1. The molecule has 0 spiro atoms. The molecule has 0 saturated carbocycles. The van der Waals surface area contributed by atoms with Crippen molar-refractivity contribution in [2.24, 2.45) is 0 Å². The van der Waals surface area contributed by atoms with E-state index in [9.17, 15) is 22.8 Å². The summed E-state index contributed by atoms with van der Waals surface area (Å²) in [6, 6.07) is -1.10. The minimum Gasteiger partial charge on any atom is -0.480 e. The Balaban J connectivity index is 4.02. The predicted octanol–water partition coefficient (Wildman–Crippen LogP) is 1.82. The molecule has 0 aliphatic rings. The second-order valence-electron chi connectivity index (χ2n) is 3.43. The van der Waals surface area contributed by atoms with Crippen LogP contribution in [0.25, 0.3) is 0 Å². The third-order valence-electron chi connectivity index (χ3n) is 1.79. The first kappa shape index (κ1) is 16.8. The zero-order valence-corrected chi connectivity index (χ0v) is 10.3. The second-order valence-corrected chi connectivity index (χ2v) is 4.42. The molecule has 0 aliphatic carbocycles. The number of aliphatic carboxylic acids is 1. The Kier molecular flexibility index (Phi) is 7.49. The van der Waals surface area contributed by atoms with Crippen molar-refractivity contribution in [1.82, 2.24) is 5.32 Å². The van der Waals surface area contributed by atoms with E-state index in [4.69, 9.17) is 5.11 Å². The van der Waals surface area contributed by atoms with Gasteiger partial charge in [-0.15, -0.1) is 18.3 Å². The highest BCUT2D eigenvalue weighted by Crippen LogP contribution is 2.20. The summed E-state index contributed by atoms with van der Waals surface area (Å²) in [6.07, 6.45) is -2.28. The van der Waals surface area contributed by atoms with Gasteiger partial charge in [-0.25, -0.2) is 4.79 Å². The number of hydrogen-bond acceptors (Lipinski definition) is 3. The van der Waals surface area contributed by atoms with Crippen LogP contribution in [0.5, 0.6) is 0 Å². The lowest BCUT2D eigenvalue weighted by atomic mass is 10.1. The highest BCUT2D eigenvalue weighted by molar-refractivity contribution is 8.00. The van der Waals surface area contributed by atoms with Crippen molar-refractivity contribution in [3.8, 4) is 0 Å². The van der Waals surface area contributed by atoms with Crippen molar-refractivity contribution >= 4 is 23.6 Å². The highest BCUT2D eigenvalue weighted by atomic mass is 32.2. The molecule has 0 bridgehead atoms. The Hall–Kier alpha value is -1.18. The molecule has 1 unspecified atom stereocenters. The van der Waals surface area contributed by atoms with E-state index in [2.05, 4.69) is 11.9 Å². The molecule has 0 fully saturated rings. The molecule has 0 saturated heterocycles. The smallest absolute Gasteiger partial charge is 0.397 e. The van der Waals surface area contributed by atoms with Gasteiger partial charge in [0, 0.05) is 0 Å². The number of carboxylic acids is 1. The average Bonchev–Trinajstić information content (AvgIpc) is 2.21. The quantitative estimate of drug-likeness (QED) is 0.668. The van der Waals surface area contributed by atoms with Crippen LogP contribution in [0.3, 0.4) is 0 Å². The van der Waals surface area contributed by atoms with E-state index in [-0.39, 0.29) is 6.42 Å². The van der Waals surface area contributed by atoms with E-state index in [1.54, 1.807) is 0 Å². The maximum atomic E-state index is 11.8. The molecule has 18 heavy (non-hydrogen) atoms. The lowest BCUT2D eigenvalue weighted by Crippen LogP contribution is -2.41. The van der Waals surface area contributed by atoms with Crippen LogP contribution in [0.2, 0.25) is 0 Å². The van der Waals surface area contributed by atoms with E-state index in [0.717, 1.165) is 0 Å². The van der Waals surface area contributed by atoms with E-state index in [0.29, 0.717) is 18.2 Å². The van der Waals surface area contributed by atoms with Crippen molar-refractivity contribution in [2.45, 2.75) is 25.1 Å². The van der Waals surface area contributed by atoms with Crippen LogP contribution in [0.1, 0.15) is 12.8 Å². The molecule has 1 amide bonds. The maximum Gasteiger partial charge on any atom is 0.397 e. The normalized spacial score (nSPS) is 12.8. The molecule has 0 aromatic rings. The SMILES string of the molecule is C=CCCC(NC(=O)CSCC(F)(F)F)C(=O)O. The van der Waals surface area contributed by atoms with Gasteiger partial charge in [0.15, 0.2) is 0 Å². The molecular formula is C10H14F3NO3S. The summed E-state index contributed by atoms with van der Waals surface area (Å²) in [4.78, 5) is 22.0. The summed E-state index contributed by atoms with van der Waals surface area (Å²) in [6.45, 7) is 3.41. The van der Waals surface area contributed by atoms with E-state index >= 15 is 0 Å². The minimum atomic E-state index is -4.33. The number of thioether (sulfide) groups is 1. The Morgan fingerprint density at radius 1 is 1.44 bits per heavy atom. The summed E-state index contributed by atoms with van der Waals surface area (Å²) in [5, 5.41) is 10.9. The molecule has 0 aromatic carbocycles. The van der Waals surface area contributed by atoms with Crippen molar-refractivity contribution in [1.29, 1.82) is 0 Å². The summed E-state index contributed by atoms with van der Waals surface area (Å²) < 4.78 is 35.4. The summed E-state index contributed by atoms with van der Waals surface area (Å²) in [5.41, 5.74) is 0. The number of alkyl halides is 3. The standard InChI is InChI=1S/C10H14F3NO3S/c1-2-3-4-7(9(16)17)14-8(15)5-18-6-10(11,12)13/h2,7H,1,3-6H2,(H,14,15)(H,16,17). The number of amides is 1. The fourth-order valence-electron chi connectivity index (χ4n) is 1.04. The first-order chi connectivity index (χ1) is 8.26. The number of hydrogen-bond donors (Lipinski definition) is 2. The fourth-order valence-corrected chi connectivity index (χ4v) is 1.64. The molecule has 0 aromatic heterocycles. The monoisotopic (exact) mass is 285 g/mol. The third-order valence-corrected chi connectivity index (χ3v) is 2.79. The Labute approximate surface area is 107 Å². The second kappa shape index (κ2) is 8.02. The van der Waals surface area contributed by atoms with Gasteiger partial charge < -0.3 is 10.4 Å². The fraction of sp³-hybridized carbons (Fsp3) is 0.600. The molecule has 2 N–H and O–H groups in total. The van der Waals surface area contributed by atoms with E-state index in [1.807, 2.05) is 0 Å².